The van der Waals surface area contributed by atoms with Crippen molar-refractivity contribution in [1.82, 2.24) is 4.90 Å². The summed E-state index contributed by atoms with van der Waals surface area (Å²) in [6.45, 7) is 5.65. The van der Waals surface area contributed by atoms with Crippen LogP contribution in [0.2, 0.25) is 0 Å². The van der Waals surface area contributed by atoms with Crippen molar-refractivity contribution < 1.29 is 23.8 Å². The highest BCUT2D eigenvalue weighted by Crippen LogP contribution is 2.49. The first-order valence-electron chi connectivity index (χ1n) is 10.7. The standard InChI is InChI=1S/C26H27F2NO3/c1-15-10-19-18-7-5-4-6-17(18)13-20(19)25(29(15)14-26(2,3)32)24-21(27)11-16(12-22(24)28)8-9-23(30)31/h4-9,11-12,15,25,32H,10,13-14H2,1-3H3,(H,30,31)/b9-8+/t15-,25+/m1/s1. The minimum atomic E-state index is -1.19. The molecule has 4 nitrogen and oxygen atoms in total. The number of carboxylic acid groups (broad SMARTS) is 1. The number of fused-ring (bicyclic) bond motifs is 2. The number of carbonyl (C=O) groups is 1. The molecule has 0 spiro atoms. The zero-order chi connectivity index (χ0) is 23.2. The van der Waals surface area contributed by atoms with E-state index in [0.717, 1.165) is 34.8 Å². The number of β-amino-alcohol motifs (C(OH)–C–C–N with tert-alkyl or cyclic N) is 1. The highest BCUT2D eigenvalue weighted by atomic mass is 19.1. The van der Waals surface area contributed by atoms with Crippen LogP contribution in [0.15, 0.2) is 48.0 Å². The molecule has 4 rings (SSSR count). The number of hydrogen-bond donors (Lipinski definition) is 2. The highest BCUT2D eigenvalue weighted by molar-refractivity contribution is 5.85. The zero-order valence-corrected chi connectivity index (χ0v) is 18.4. The third-order valence-electron chi connectivity index (χ3n) is 6.20. The molecule has 0 unspecified atom stereocenters. The molecule has 168 valence electrons. The molecule has 2 aromatic carbocycles. The topological polar surface area (TPSA) is 60.8 Å². The fraction of sp³-hybridized carbons (Fsp3) is 0.346. The molecule has 0 saturated carbocycles. The third kappa shape index (κ3) is 4.25. The Morgan fingerprint density at radius 3 is 2.50 bits per heavy atom. The van der Waals surface area contributed by atoms with Gasteiger partial charge in [0.15, 0.2) is 0 Å². The molecule has 1 aliphatic heterocycles. The van der Waals surface area contributed by atoms with Gasteiger partial charge in [-0.1, -0.05) is 24.3 Å². The number of halogens is 2. The molecule has 2 N–H and O–H groups in total. The predicted molar refractivity (Wildman–Crippen MR) is 120 cm³/mol. The summed E-state index contributed by atoms with van der Waals surface area (Å²) in [5.41, 5.74) is 3.39. The average molecular weight is 440 g/mol. The second-order valence-electron chi connectivity index (χ2n) is 9.35. The van der Waals surface area contributed by atoms with Crippen LogP contribution < -0.4 is 0 Å². The number of carboxylic acids is 1. The summed E-state index contributed by atoms with van der Waals surface area (Å²) in [7, 11) is 0. The molecule has 0 radical (unpaired) electrons. The largest absolute Gasteiger partial charge is 0.478 e. The predicted octanol–water partition coefficient (Wildman–Crippen LogP) is 4.98. The monoisotopic (exact) mass is 439 g/mol. The highest BCUT2D eigenvalue weighted by Gasteiger charge is 2.42. The number of nitrogens with zero attached hydrogens (tertiary/aromatic N) is 1. The van der Waals surface area contributed by atoms with E-state index >= 15 is 8.78 Å². The third-order valence-corrected chi connectivity index (χ3v) is 6.20. The van der Waals surface area contributed by atoms with Gasteiger partial charge in [0.2, 0.25) is 0 Å². The maximum atomic E-state index is 15.4. The molecular weight excluding hydrogens is 412 g/mol. The van der Waals surface area contributed by atoms with E-state index in [9.17, 15) is 9.90 Å². The van der Waals surface area contributed by atoms with Crippen molar-refractivity contribution >= 4 is 17.6 Å². The Kier molecular flexibility index (Phi) is 5.77. The number of aliphatic hydroxyl groups is 1. The maximum absolute atomic E-state index is 15.4. The fourth-order valence-corrected chi connectivity index (χ4v) is 4.99. The zero-order valence-electron chi connectivity index (χ0n) is 18.4. The van der Waals surface area contributed by atoms with Crippen LogP contribution in [0.25, 0.3) is 11.6 Å². The van der Waals surface area contributed by atoms with Crippen molar-refractivity contribution in [1.29, 1.82) is 0 Å². The summed E-state index contributed by atoms with van der Waals surface area (Å²) in [4.78, 5) is 12.8. The lowest BCUT2D eigenvalue weighted by molar-refractivity contribution is -0.131. The Morgan fingerprint density at radius 2 is 1.88 bits per heavy atom. The summed E-state index contributed by atoms with van der Waals surface area (Å²) >= 11 is 0. The van der Waals surface area contributed by atoms with Gasteiger partial charge in [-0.05, 0) is 79.7 Å². The summed E-state index contributed by atoms with van der Waals surface area (Å²) < 4.78 is 30.8. The van der Waals surface area contributed by atoms with Crippen molar-refractivity contribution in [3.8, 4) is 0 Å². The van der Waals surface area contributed by atoms with E-state index in [1.54, 1.807) is 13.8 Å². The van der Waals surface area contributed by atoms with Gasteiger partial charge < -0.3 is 10.2 Å². The maximum Gasteiger partial charge on any atom is 0.328 e. The van der Waals surface area contributed by atoms with Crippen LogP contribution in [0.5, 0.6) is 0 Å². The van der Waals surface area contributed by atoms with E-state index in [2.05, 4.69) is 6.07 Å². The fourth-order valence-electron chi connectivity index (χ4n) is 4.99. The first-order valence-corrected chi connectivity index (χ1v) is 10.7. The summed E-state index contributed by atoms with van der Waals surface area (Å²) in [6.07, 6.45) is 3.37. The van der Waals surface area contributed by atoms with E-state index in [0.29, 0.717) is 6.42 Å². The molecular formula is C26H27F2NO3. The Bertz CT molecular complexity index is 1110. The molecule has 1 heterocycles. The van der Waals surface area contributed by atoms with Crippen LogP contribution in [0, 0.1) is 11.6 Å². The van der Waals surface area contributed by atoms with Crippen molar-refractivity contribution in [2.24, 2.45) is 0 Å². The number of benzene rings is 2. The first kappa shape index (κ1) is 22.4. The first-order chi connectivity index (χ1) is 15.0. The van der Waals surface area contributed by atoms with Gasteiger partial charge >= 0.3 is 5.97 Å². The lowest BCUT2D eigenvalue weighted by atomic mass is 9.83. The van der Waals surface area contributed by atoms with Crippen molar-refractivity contribution in [3.05, 3.63) is 81.9 Å². The van der Waals surface area contributed by atoms with Crippen LogP contribution in [0.1, 0.15) is 55.5 Å². The van der Waals surface area contributed by atoms with E-state index in [4.69, 9.17) is 5.11 Å². The Labute approximate surface area is 186 Å². The van der Waals surface area contributed by atoms with E-state index in [1.807, 2.05) is 30.0 Å². The van der Waals surface area contributed by atoms with Crippen LogP contribution in [0.4, 0.5) is 8.78 Å². The second-order valence-corrected chi connectivity index (χ2v) is 9.35. The van der Waals surface area contributed by atoms with Crippen LogP contribution >= 0.6 is 0 Å². The van der Waals surface area contributed by atoms with Gasteiger partial charge in [-0.25, -0.2) is 13.6 Å². The molecule has 0 saturated heterocycles. The summed E-state index contributed by atoms with van der Waals surface area (Å²) in [5, 5.41) is 19.4. The Morgan fingerprint density at radius 1 is 1.22 bits per heavy atom. The molecule has 0 bridgehead atoms. The normalized spacial score (nSPS) is 21.2. The van der Waals surface area contributed by atoms with Gasteiger partial charge in [-0.15, -0.1) is 0 Å². The van der Waals surface area contributed by atoms with E-state index < -0.39 is 29.2 Å². The van der Waals surface area contributed by atoms with Crippen LogP contribution in [0.3, 0.4) is 0 Å². The molecule has 2 aliphatic rings. The van der Waals surface area contributed by atoms with Gasteiger partial charge in [-0.2, -0.15) is 0 Å². The SMILES string of the molecule is C[C@@H]1CC2=C(Cc3ccccc32)[C@@H](c2c(F)cc(/C=C/C(=O)O)cc2F)N1CC(C)(C)O. The minimum absolute atomic E-state index is 0.0401. The summed E-state index contributed by atoms with van der Waals surface area (Å²) in [5.74, 6) is -2.64. The smallest absolute Gasteiger partial charge is 0.328 e. The van der Waals surface area contributed by atoms with Gasteiger partial charge in [0.05, 0.1) is 11.6 Å². The van der Waals surface area contributed by atoms with Gasteiger partial charge in [0.25, 0.3) is 0 Å². The molecule has 6 heteroatoms. The average Bonchev–Trinajstić information content (AvgIpc) is 3.05. The van der Waals surface area contributed by atoms with Crippen molar-refractivity contribution in [3.63, 3.8) is 0 Å². The number of aliphatic carboxylic acids is 1. The quantitative estimate of drug-likeness (QED) is 0.645. The van der Waals surface area contributed by atoms with Crippen molar-refractivity contribution in [2.45, 2.75) is 51.3 Å². The molecule has 0 aromatic heterocycles. The van der Waals surface area contributed by atoms with Gasteiger partial charge in [0, 0.05) is 24.2 Å². The molecule has 32 heavy (non-hydrogen) atoms. The Balaban J connectivity index is 1.86. The van der Waals surface area contributed by atoms with E-state index in [1.165, 1.54) is 18.2 Å². The van der Waals surface area contributed by atoms with Crippen molar-refractivity contribution in [2.75, 3.05) is 6.54 Å². The molecule has 2 aromatic rings. The van der Waals surface area contributed by atoms with E-state index in [-0.39, 0.29) is 23.7 Å². The number of rotatable bonds is 5. The lowest BCUT2D eigenvalue weighted by Gasteiger charge is -2.44. The van der Waals surface area contributed by atoms with Gasteiger partial charge in [-0.3, -0.25) is 4.90 Å². The van der Waals surface area contributed by atoms with Crippen LogP contribution in [-0.2, 0) is 11.2 Å². The second kappa shape index (κ2) is 8.26. The lowest BCUT2D eigenvalue weighted by Crippen LogP contribution is -2.48. The molecule has 1 aliphatic carbocycles. The molecule has 2 atom stereocenters. The van der Waals surface area contributed by atoms with Crippen LogP contribution in [-0.4, -0.2) is 39.3 Å². The Hall–Kier alpha value is -2.83. The molecule has 0 fully saturated rings. The van der Waals surface area contributed by atoms with Gasteiger partial charge in [0.1, 0.15) is 11.6 Å². The summed E-state index contributed by atoms with van der Waals surface area (Å²) in [6, 6.07) is 9.68. The minimum Gasteiger partial charge on any atom is -0.478 e. The molecule has 0 amide bonds. The number of hydrogen-bond acceptors (Lipinski definition) is 3.